The second kappa shape index (κ2) is 14.0. The summed E-state index contributed by atoms with van der Waals surface area (Å²) in [5.41, 5.74) is 2.89. The quantitative estimate of drug-likeness (QED) is 0.268. The van der Waals surface area contributed by atoms with Crippen molar-refractivity contribution in [2.45, 2.75) is 38.3 Å². The minimum atomic E-state index is 0.102. The molecule has 0 aliphatic carbocycles. The van der Waals surface area contributed by atoms with Gasteiger partial charge in [0.05, 0.1) is 5.56 Å². The summed E-state index contributed by atoms with van der Waals surface area (Å²) in [5, 5.41) is 11.8. The van der Waals surface area contributed by atoms with Gasteiger partial charge in [-0.25, -0.2) is 14.9 Å². The Morgan fingerprint density at radius 1 is 1.24 bits per heavy atom. The van der Waals surface area contributed by atoms with Crippen LogP contribution in [0.1, 0.15) is 35.4 Å². The van der Waals surface area contributed by atoms with Crippen LogP contribution >= 0.6 is 36.0 Å². The topological polar surface area (TPSA) is 104 Å². The molecule has 14 heteroatoms. The zero-order valence-corrected chi connectivity index (χ0v) is 25.8. The van der Waals surface area contributed by atoms with Crippen molar-refractivity contribution in [3.05, 3.63) is 40.3 Å². The summed E-state index contributed by atoms with van der Waals surface area (Å²) in [4.78, 5) is 38.1. The third kappa shape index (κ3) is 6.98. The number of amides is 1. The van der Waals surface area contributed by atoms with Crippen molar-refractivity contribution in [3.8, 4) is 5.75 Å². The highest BCUT2D eigenvalue weighted by atomic mass is 35.5. The van der Waals surface area contributed by atoms with E-state index in [9.17, 15) is 10.0 Å². The van der Waals surface area contributed by atoms with Crippen LogP contribution in [0.4, 0.5) is 11.5 Å². The molecule has 1 unspecified atom stereocenters. The highest BCUT2D eigenvalue weighted by Gasteiger charge is 2.38. The predicted molar refractivity (Wildman–Crippen MR) is 162 cm³/mol. The Hall–Kier alpha value is -2.00. The molecule has 41 heavy (non-hydrogen) atoms. The highest BCUT2D eigenvalue weighted by Crippen LogP contribution is 2.40. The van der Waals surface area contributed by atoms with Crippen molar-refractivity contribution in [1.82, 2.24) is 19.8 Å². The van der Waals surface area contributed by atoms with Crippen LogP contribution in [0.5, 0.6) is 5.75 Å². The van der Waals surface area contributed by atoms with E-state index in [1.807, 2.05) is 29.0 Å². The van der Waals surface area contributed by atoms with Crippen molar-refractivity contribution in [2.24, 2.45) is 0 Å². The number of hydrogen-bond acceptors (Lipinski definition) is 12. The number of aryl methyl sites for hydroxylation is 1. The lowest BCUT2D eigenvalue weighted by Crippen LogP contribution is -2.51. The average molecular weight is 625 g/mol. The highest BCUT2D eigenvalue weighted by molar-refractivity contribution is 7.98. The molecule has 0 radical (unpaired) electrons. The summed E-state index contributed by atoms with van der Waals surface area (Å²) in [6.45, 7) is 6.64. The number of fused-ring (bicyclic) bond motifs is 2. The fourth-order valence-corrected chi connectivity index (χ4v) is 6.43. The lowest BCUT2D eigenvalue weighted by Gasteiger charge is -2.43. The number of anilines is 2. The Morgan fingerprint density at radius 3 is 2.85 bits per heavy atom. The maximum absolute atomic E-state index is 12.5. The maximum Gasteiger partial charge on any atom is 0.223 e. The molecule has 3 aliphatic rings. The van der Waals surface area contributed by atoms with Gasteiger partial charge in [-0.3, -0.25) is 14.9 Å². The summed E-state index contributed by atoms with van der Waals surface area (Å²) in [6, 6.07) is 4.35. The summed E-state index contributed by atoms with van der Waals surface area (Å²) >= 11 is 12.6. The third-order valence-corrected chi connectivity index (χ3v) is 9.02. The minimum absolute atomic E-state index is 0.102. The van der Waals surface area contributed by atoms with Crippen molar-refractivity contribution in [2.75, 3.05) is 73.8 Å². The number of halogens is 1. The smallest absolute Gasteiger partial charge is 0.223 e. The second-order valence-electron chi connectivity index (χ2n) is 10.5. The molecule has 4 heterocycles. The van der Waals surface area contributed by atoms with Crippen molar-refractivity contribution >= 4 is 53.4 Å². The molecule has 11 nitrogen and oxygen atoms in total. The molecule has 2 aromatic rings. The SMILES string of the molecule is CSCCC(=O)N1CCC(N2CC(c3cc(C)c4c(c3)N(O)OOCCN(CCS)c3ncnc(Cl)c3CO4)C2)C1. The van der Waals surface area contributed by atoms with Crippen LogP contribution in [0, 0.1) is 6.92 Å². The number of thioether (sulfide) groups is 1. The molecule has 1 amide bonds. The Labute approximate surface area is 255 Å². The molecule has 1 aromatic carbocycles. The molecule has 0 spiro atoms. The van der Waals surface area contributed by atoms with Gasteiger partial charge in [-0.05, 0) is 36.8 Å². The van der Waals surface area contributed by atoms with E-state index in [4.69, 9.17) is 26.2 Å². The number of nitrogens with zero attached hydrogens (tertiary/aromatic N) is 6. The summed E-state index contributed by atoms with van der Waals surface area (Å²) in [7, 11) is 0. The molecule has 1 N–H and O–H groups in total. The summed E-state index contributed by atoms with van der Waals surface area (Å²) < 4.78 is 6.25. The van der Waals surface area contributed by atoms with Crippen LogP contribution in [0.15, 0.2) is 18.5 Å². The second-order valence-corrected chi connectivity index (χ2v) is 12.3. The molecule has 224 valence electrons. The molecular formula is C27H37ClN6O5S2. The lowest BCUT2D eigenvalue weighted by molar-refractivity contribution is -0.343. The standard InChI is InChI=1S/C27H37ClN6O5S2/c1-18-11-19(20-13-33(14-20)21-3-5-32(15-21)24(35)4-10-41-2)12-23-25(18)37-16-22-26(28)29-17-30-27(22)31(7-9-40)6-8-38-39-34(23)36/h11-12,17,20-21,36,40H,3-10,13-16H2,1-2H3. The van der Waals surface area contributed by atoms with Gasteiger partial charge in [-0.1, -0.05) is 27.9 Å². The molecular weight excluding hydrogens is 588 g/mol. The normalized spacial score (nSPS) is 20.5. The zero-order valence-electron chi connectivity index (χ0n) is 23.4. The van der Waals surface area contributed by atoms with Gasteiger partial charge in [-0.2, -0.15) is 24.4 Å². The third-order valence-electron chi connectivity index (χ3n) is 7.89. The molecule has 1 atom stereocenters. The monoisotopic (exact) mass is 624 g/mol. The van der Waals surface area contributed by atoms with E-state index in [1.165, 1.54) is 6.33 Å². The number of likely N-dealkylation sites (tertiary alicyclic amines) is 2. The van der Waals surface area contributed by atoms with Gasteiger partial charge in [0, 0.05) is 69.2 Å². The number of carbonyl (C=O) groups excluding carboxylic acids is 1. The first-order valence-electron chi connectivity index (χ1n) is 13.8. The van der Waals surface area contributed by atoms with E-state index in [-0.39, 0.29) is 25.0 Å². The van der Waals surface area contributed by atoms with E-state index in [2.05, 4.69) is 33.6 Å². The number of ether oxygens (including phenoxy) is 1. The largest absolute Gasteiger partial charge is 0.486 e. The molecule has 3 aliphatic heterocycles. The first kappa shape index (κ1) is 30.5. The average Bonchev–Trinajstić information content (AvgIpc) is 3.41. The Kier molecular flexibility index (Phi) is 10.4. The van der Waals surface area contributed by atoms with Gasteiger partial charge in [0.25, 0.3) is 0 Å². The minimum Gasteiger partial charge on any atom is -0.486 e. The summed E-state index contributed by atoms with van der Waals surface area (Å²) in [6.07, 6.45) is 5.06. The van der Waals surface area contributed by atoms with Crippen LogP contribution in [-0.4, -0.2) is 101 Å². The predicted octanol–water partition coefficient (Wildman–Crippen LogP) is 3.58. The van der Waals surface area contributed by atoms with E-state index in [1.54, 1.807) is 11.8 Å². The van der Waals surface area contributed by atoms with Crippen LogP contribution in [-0.2, 0) is 21.3 Å². The Morgan fingerprint density at radius 2 is 2.07 bits per heavy atom. The van der Waals surface area contributed by atoms with Gasteiger partial charge in [0.2, 0.25) is 5.91 Å². The number of thiol groups is 1. The van der Waals surface area contributed by atoms with Gasteiger partial charge < -0.3 is 14.5 Å². The van der Waals surface area contributed by atoms with E-state index in [0.717, 1.165) is 49.5 Å². The van der Waals surface area contributed by atoms with Crippen molar-refractivity contribution in [1.29, 1.82) is 0 Å². The van der Waals surface area contributed by atoms with Crippen LogP contribution in [0.3, 0.4) is 0 Å². The van der Waals surface area contributed by atoms with Gasteiger partial charge in [0.1, 0.15) is 36.2 Å². The molecule has 0 bridgehead atoms. The summed E-state index contributed by atoms with van der Waals surface area (Å²) in [5.74, 6) is 3.09. The van der Waals surface area contributed by atoms with Crippen LogP contribution in [0.2, 0.25) is 5.15 Å². The number of rotatable bonds is 7. The number of carbonyl (C=O) groups is 1. The number of benzene rings is 1. The van der Waals surface area contributed by atoms with E-state index < -0.39 is 0 Å². The van der Waals surface area contributed by atoms with Gasteiger partial charge in [-0.15, -0.1) is 0 Å². The van der Waals surface area contributed by atoms with Crippen LogP contribution in [0.25, 0.3) is 0 Å². The fourth-order valence-electron chi connectivity index (χ4n) is 5.63. The van der Waals surface area contributed by atoms with Gasteiger partial charge in [0.15, 0.2) is 5.75 Å². The molecule has 2 saturated heterocycles. The molecule has 0 saturated carbocycles. The number of aromatic nitrogens is 2. The maximum atomic E-state index is 12.5. The first-order valence-corrected chi connectivity index (χ1v) is 16.2. The fraction of sp³-hybridized carbons (Fsp3) is 0.593. The van der Waals surface area contributed by atoms with Crippen molar-refractivity contribution < 1.29 is 24.6 Å². The number of hydrogen-bond donors (Lipinski definition) is 2. The Balaban J connectivity index is 1.31. The van der Waals surface area contributed by atoms with Gasteiger partial charge >= 0.3 is 0 Å². The molecule has 2 fully saturated rings. The Bertz CT molecular complexity index is 1220. The molecule has 1 aromatic heterocycles. The van der Waals surface area contributed by atoms with Crippen LogP contribution < -0.4 is 14.9 Å². The van der Waals surface area contributed by atoms with E-state index >= 15 is 0 Å². The van der Waals surface area contributed by atoms with Crippen molar-refractivity contribution in [3.63, 3.8) is 0 Å². The van der Waals surface area contributed by atoms with E-state index in [0.29, 0.717) is 64.5 Å². The molecule has 5 rings (SSSR count). The first-order chi connectivity index (χ1) is 19.9. The zero-order chi connectivity index (χ0) is 28.9. The lowest BCUT2D eigenvalue weighted by atomic mass is 9.88.